The summed E-state index contributed by atoms with van der Waals surface area (Å²) in [5.41, 5.74) is 0. The van der Waals surface area contributed by atoms with Gasteiger partial charge in [-0.3, -0.25) is 4.79 Å². The van der Waals surface area contributed by atoms with E-state index in [1.165, 1.54) is 6.92 Å². The molecule has 0 amide bonds. The zero-order chi connectivity index (χ0) is 9.07. The molecule has 0 rings (SSSR count). The van der Waals surface area contributed by atoms with Crippen LogP contribution in [-0.4, -0.2) is 30.5 Å². The summed E-state index contributed by atoms with van der Waals surface area (Å²) < 4.78 is 21.8. The average molecular weight is 178 g/mol. The number of carboxylic acid groups (broad SMARTS) is 1. The highest BCUT2D eigenvalue weighted by molar-refractivity contribution is 7.92. The fourth-order valence-electron chi connectivity index (χ4n) is 0.581. The normalized spacial score (nSPS) is 13.9. The van der Waals surface area contributed by atoms with Crippen molar-refractivity contribution in [2.24, 2.45) is 0 Å². The van der Waals surface area contributed by atoms with Gasteiger partial charge in [-0.2, -0.15) is 0 Å². The second-order valence-electron chi connectivity index (χ2n) is 1.95. The topological polar surface area (TPSA) is 71.4 Å². The SMILES string of the molecule is C=CC(C(=O)O)S(=O)(=O)CC. The minimum atomic E-state index is -3.53. The van der Waals surface area contributed by atoms with Crippen LogP contribution in [0.15, 0.2) is 12.7 Å². The Kier molecular flexibility index (Phi) is 3.25. The molecule has 0 saturated heterocycles. The standard InChI is InChI=1S/C6H10O4S/c1-3-5(6(7)8)11(9,10)4-2/h3,5H,1,4H2,2H3,(H,7,8). The molecule has 0 saturated carbocycles. The van der Waals surface area contributed by atoms with E-state index >= 15 is 0 Å². The summed E-state index contributed by atoms with van der Waals surface area (Å²) in [7, 11) is -3.53. The molecule has 0 spiro atoms. The van der Waals surface area contributed by atoms with Crippen molar-refractivity contribution in [2.45, 2.75) is 12.2 Å². The Hall–Kier alpha value is -0.840. The lowest BCUT2D eigenvalue weighted by molar-refractivity contribution is -0.135. The number of rotatable bonds is 4. The van der Waals surface area contributed by atoms with Gasteiger partial charge in [0, 0.05) is 5.75 Å². The summed E-state index contributed by atoms with van der Waals surface area (Å²) in [6, 6.07) is 0. The predicted molar refractivity (Wildman–Crippen MR) is 41.1 cm³/mol. The van der Waals surface area contributed by atoms with Gasteiger partial charge >= 0.3 is 5.97 Å². The van der Waals surface area contributed by atoms with Crippen molar-refractivity contribution in [1.82, 2.24) is 0 Å². The summed E-state index contributed by atoms with van der Waals surface area (Å²) in [6.45, 7) is 4.53. The number of hydrogen-bond donors (Lipinski definition) is 1. The molecule has 11 heavy (non-hydrogen) atoms. The van der Waals surface area contributed by atoms with Gasteiger partial charge in [0.05, 0.1) is 0 Å². The van der Waals surface area contributed by atoms with Crippen LogP contribution in [0.25, 0.3) is 0 Å². The number of aliphatic carboxylic acids is 1. The monoisotopic (exact) mass is 178 g/mol. The highest BCUT2D eigenvalue weighted by atomic mass is 32.2. The Morgan fingerprint density at radius 3 is 2.27 bits per heavy atom. The lowest BCUT2D eigenvalue weighted by Gasteiger charge is -2.05. The molecule has 0 aromatic heterocycles. The zero-order valence-corrected chi connectivity index (χ0v) is 6.97. The van der Waals surface area contributed by atoms with E-state index in [0.717, 1.165) is 6.08 Å². The van der Waals surface area contributed by atoms with Crippen LogP contribution in [0, 0.1) is 0 Å². The molecule has 4 nitrogen and oxygen atoms in total. The summed E-state index contributed by atoms with van der Waals surface area (Å²) in [5, 5.41) is 6.92. The molecule has 1 N–H and O–H groups in total. The molecular formula is C6H10O4S. The van der Waals surface area contributed by atoms with Crippen molar-refractivity contribution in [2.75, 3.05) is 5.75 Å². The van der Waals surface area contributed by atoms with Crippen LogP contribution in [0.5, 0.6) is 0 Å². The Labute approximate surface area is 65.5 Å². The zero-order valence-electron chi connectivity index (χ0n) is 6.15. The van der Waals surface area contributed by atoms with E-state index in [0.29, 0.717) is 0 Å². The highest BCUT2D eigenvalue weighted by Crippen LogP contribution is 2.03. The summed E-state index contributed by atoms with van der Waals surface area (Å²) in [6.07, 6.45) is 0.918. The predicted octanol–water partition coefficient (Wildman–Crippen LogP) is 0.0603. The Balaban J connectivity index is 4.80. The van der Waals surface area contributed by atoms with E-state index in [1.807, 2.05) is 0 Å². The summed E-state index contributed by atoms with van der Waals surface area (Å²) in [4.78, 5) is 10.3. The van der Waals surface area contributed by atoms with Gasteiger partial charge in [0.2, 0.25) is 0 Å². The molecule has 0 aliphatic rings. The first kappa shape index (κ1) is 10.2. The van der Waals surface area contributed by atoms with Gasteiger partial charge in [-0.25, -0.2) is 8.42 Å². The lowest BCUT2D eigenvalue weighted by atomic mass is 10.4. The third-order valence-electron chi connectivity index (χ3n) is 1.25. The molecule has 0 fully saturated rings. The molecule has 0 radical (unpaired) electrons. The van der Waals surface area contributed by atoms with Crippen LogP contribution in [0.3, 0.4) is 0 Å². The van der Waals surface area contributed by atoms with Crippen molar-refractivity contribution < 1.29 is 18.3 Å². The van der Waals surface area contributed by atoms with E-state index in [1.54, 1.807) is 0 Å². The quantitative estimate of drug-likeness (QED) is 0.618. The van der Waals surface area contributed by atoms with E-state index in [-0.39, 0.29) is 5.75 Å². The molecule has 0 bridgehead atoms. The molecule has 0 aliphatic heterocycles. The minimum Gasteiger partial charge on any atom is -0.480 e. The highest BCUT2D eigenvalue weighted by Gasteiger charge is 2.27. The lowest BCUT2D eigenvalue weighted by Crippen LogP contribution is -2.29. The van der Waals surface area contributed by atoms with Crippen molar-refractivity contribution in [3.8, 4) is 0 Å². The van der Waals surface area contributed by atoms with Gasteiger partial charge in [-0.15, -0.1) is 6.58 Å². The first-order chi connectivity index (χ1) is 4.95. The molecule has 5 heteroatoms. The van der Waals surface area contributed by atoms with Crippen LogP contribution in [0.2, 0.25) is 0 Å². The van der Waals surface area contributed by atoms with E-state index in [4.69, 9.17) is 5.11 Å². The van der Waals surface area contributed by atoms with Gasteiger partial charge < -0.3 is 5.11 Å². The first-order valence-electron chi connectivity index (χ1n) is 3.02. The van der Waals surface area contributed by atoms with Gasteiger partial charge in [0.15, 0.2) is 15.1 Å². The van der Waals surface area contributed by atoms with E-state index in [9.17, 15) is 13.2 Å². The molecular weight excluding hydrogens is 168 g/mol. The first-order valence-corrected chi connectivity index (χ1v) is 4.74. The maximum Gasteiger partial charge on any atom is 0.325 e. The smallest absolute Gasteiger partial charge is 0.325 e. The minimum absolute atomic E-state index is 0.185. The molecule has 1 unspecified atom stereocenters. The molecule has 0 aromatic carbocycles. The van der Waals surface area contributed by atoms with Crippen LogP contribution >= 0.6 is 0 Å². The van der Waals surface area contributed by atoms with Crippen LogP contribution in [0.4, 0.5) is 0 Å². The van der Waals surface area contributed by atoms with Crippen molar-refractivity contribution >= 4 is 15.8 Å². The van der Waals surface area contributed by atoms with Crippen LogP contribution in [-0.2, 0) is 14.6 Å². The molecule has 0 aliphatic carbocycles. The van der Waals surface area contributed by atoms with Gasteiger partial charge in [0.25, 0.3) is 0 Å². The van der Waals surface area contributed by atoms with Crippen molar-refractivity contribution in [1.29, 1.82) is 0 Å². The second-order valence-corrected chi connectivity index (χ2v) is 4.36. The van der Waals surface area contributed by atoms with Crippen LogP contribution in [0.1, 0.15) is 6.92 Å². The maximum absolute atomic E-state index is 10.9. The number of carbonyl (C=O) groups is 1. The van der Waals surface area contributed by atoms with Gasteiger partial charge in [0.1, 0.15) is 0 Å². The number of hydrogen-bond acceptors (Lipinski definition) is 3. The fourth-order valence-corrected chi connectivity index (χ4v) is 1.54. The molecule has 64 valence electrons. The van der Waals surface area contributed by atoms with Gasteiger partial charge in [-0.05, 0) is 0 Å². The Morgan fingerprint density at radius 1 is 1.73 bits per heavy atom. The third kappa shape index (κ3) is 2.34. The largest absolute Gasteiger partial charge is 0.480 e. The van der Waals surface area contributed by atoms with Gasteiger partial charge in [-0.1, -0.05) is 13.0 Å². The Morgan fingerprint density at radius 2 is 2.18 bits per heavy atom. The fraction of sp³-hybridized carbons (Fsp3) is 0.500. The number of sulfone groups is 1. The van der Waals surface area contributed by atoms with Crippen molar-refractivity contribution in [3.05, 3.63) is 12.7 Å². The van der Waals surface area contributed by atoms with E-state index < -0.39 is 21.1 Å². The average Bonchev–Trinajstić information content (AvgIpc) is 1.88. The maximum atomic E-state index is 10.9. The summed E-state index contributed by atoms with van der Waals surface area (Å²) >= 11 is 0. The molecule has 0 aromatic rings. The number of carboxylic acids is 1. The van der Waals surface area contributed by atoms with E-state index in [2.05, 4.69) is 6.58 Å². The second kappa shape index (κ2) is 3.52. The van der Waals surface area contributed by atoms with Crippen LogP contribution < -0.4 is 0 Å². The Bertz CT molecular complexity index is 252. The molecule has 1 atom stereocenters. The van der Waals surface area contributed by atoms with Crippen molar-refractivity contribution in [3.63, 3.8) is 0 Å². The summed E-state index contributed by atoms with van der Waals surface area (Å²) in [5.74, 6) is -1.56. The molecule has 0 heterocycles. The third-order valence-corrected chi connectivity index (χ3v) is 3.22.